The van der Waals surface area contributed by atoms with Gasteiger partial charge in [-0.05, 0) is 56.9 Å². The number of rotatable bonds is 3. The molecule has 1 unspecified atom stereocenters. The van der Waals surface area contributed by atoms with E-state index >= 15 is 0 Å². The molecule has 1 amide bonds. The summed E-state index contributed by atoms with van der Waals surface area (Å²) >= 11 is 0. The van der Waals surface area contributed by atoms with E-state index in [0.717, 1.165) is 19.0 Å². The number of aliphatic hydroxyl groups is 1. The van der Waals surface area contributed by atoms with Gasteiger partial charge in [0.05, 0.1) is 5.60 Å². The number of amides is 1. The number of carbonyl (C=O) groups is 1. The van der Waals surface area contributed by atoms with Gasteiger partial charge in [-0.3, -0.25) is 4.79 Å². The van der Waals surface area contributed by atoms with E-state index in [4.69, 9.17) is 0 Å². The first-order valence-electron chi connectivity index (χ1n) is 9.00. The lowest BCUT2D eigenvalue weighted by molar-refractivity contribution is -0.161. The van der Waals surface area contributed by atoms with Gasteiger partial charge in [-0.2, -0.15) is 0 Å². The van der Waals surface area contributed by atoms with Gasteiger partial charge >= 0.3 is 0 Å². The molecule has 1 atom stereocenters. The van der Waals surface area contributed by atoms with E-state index in [1.165, 1.54) is 31.2 Å². The highest BCUT2D eigenvalue weighted by Crippen LogP contribution is 2.50. The second-order valence-electron chi connectivity index (χ2n) is 8.59. The quantitative estimate of drug-likeness (QED) is 0.932. The average molecular weight is 313 g/mol. The SMILES string of the molecule is C[C@]1(O)C[C@@H](C(=O)N2CC3(CCC(Cc4ccccc4)C3)C2)C1. The summed E-state index contributed by atoms with van der Waals surface area (Å²) in [5, 5.41) is 9.81. The summed E-state index contributed by atoms with van der Waals surface area (Å²) in [6, 6.07) is 10.8. The van der Waals surface area contributed by atoms with Crippen LogP contribution in [0.25, 0.3) is 0 Å². The predicted octanol–water partition coefficient (Wildman–Crippen LogP) is 3.02. The molecule has 1 aromatic rings. The molecule has 4 rings (SSSR count). The Bertz CT molecular complexity index is 581. The Morgan fingerprint density at radius 1 is 1.22 bits per heavy atom. The molecule has 1 aliphatic heterocycles. The van der Waals surface area contributed by atoms with Gasteiger partial charge in [-0.25, -0.2) is 0 Å². The Kier molecular flexibility index (Phi) is 3.53. The first-order valence-corrected chi connectivity index (χ1v) is 9.00. The zero-order valence-electron chi connectivity index (χ0n) is 14.0. The van der Waals surface area contributed by atoms with Crippen LogP contribution < -0.4 is 0 Å². The maximum atomic E-state index is 12.4. The molecule has 3 nitrogen and oxygen atoms in total. The molecule has 1 saturated heterocycles. The average Bonchev–Trinajstić information content (AvgIpc) is 2.88. The van der Waals surface area contributed by atoms with Gasteiger partial charge in [-0.1, -0.05) is 30.3 Å². The van der Waals surface area contributed by atoms with Crippen molar-refractivity contribution in [1.82, 2.24) is 4.90 Å². The summed E-state index contributed by atoms with van der Waals surface area (Å²) in [6.07, 6.45) is 6.32. The number of carbonyl (C=O) groups excluding carboxylic acids is 1. The van der Waals surface area contributed by atoms with Gasteiger partial charge in [0.15, 0.2) is 0 Å². The molecule has 0 radical (unpaired) electrons. The fourth-order valence-electron chi connectivity index (χ4n) is 5.09. The minimum atomic E-state index is -0.600. The maximum Gasteiger partial charge on any atom is 0.225 e. The van der Waals surface area contributed by atoms with Gasteiger partial charge in [0, 0.05) is 24.4 Å². The topological polar surface area (TPSA) is 40.5 Å². The van der Waals surface area contributed by atoms with E-state index in [-0.39, 0.29) is 11.8 Å². The van der Waals surface area contributed by atoms with Crippen LogP contribution in [0.15, 0.2) is 30.3 Å². The van der Waals surface area contributed by atoms with Crippen LogP contribution >= 0.6 is 0 Å². The third-order valence-corrected chi connectivity index (χ3v) is 6.26. The number of benzene rings is 1. The van der Waals surface area contributed by atoms with Gasteiger partial charge < -0.3 is 10.0 Å². The molecule has 1 heterocycles. The summed E-state index contributed by atoms with van der Waals surface area (Å²) in [7, 11) is 0. The second-order valence-corrected chi connectivity index (χ2v) is 8.59. The molecular weight excluding hydrogens is 286 g/mol. The lowest BCUT2D eigenvalue weighted by atomic mass is 9.69. The molecule has 3 heteroatoms. The van der Waals surface area contributed by atoms with Crippen molar-refractivity contribution >= 4 is 5.91 Å². The number of likely N-dealkylation sites (tertiary alicyclic amines) is 1. The smallest absolute Gasteiger partial charge is 0.225 e. The molecule has 23 heavy (non-hydrogen) atoms. The van der Waals surface area contributed by atoms with Crippen molar-refractivity contribution < 1.29 is 9.90 Å². The van der Waals surface area contributed by atoms with Crippen LogP contribution in [0, 0.1) is 17.3 Å². The number of hydrogen-bond donors (Lipinski definition) is 1. The molecule has 0 aromatic heterocycles. The molecular formula is C20H27NO2. The molecule has 0 bridgehead atoms. The third kappa shape index (κ3) is 2.91. The van der Waals surface area contributed by atoms with Crippen molar-refractivity contribution in [2.45, 2.75) is 51.0 Å². The van der Waals surface area contributed by atoms with E-state index in [9.17, 15) is 9.90 Å². The van der Waals surface area contributed by atoms with E-state index in [0.29, 0.717) is 18.3 Å². The minimum absolute atomic E-state index is 0.0730. The molecule has 1 spiro atoms. The minimum Gasteiger partial charge on any atom is -0.390 e. The summed E-state index contributed by atoms with van der Waals surface area (Å²) in [4.78, 5) is 14.5. The first-order chi connectivity index (χ1) is 10.9. The fourth-order valence-corrected chi connectivity index (χ4v) is 5.09. The molecule has 3 fully saturated rings. The van der Waals surface area contributed by atoms with E-state index in [1.807, 2.05) is 11.8 Å². The van der Waals surface area contributed by atoms with Gasteiger partial charge in [0.25, 0.3) is 0 Å². The lowest BCUT2D eigenvalue weighted by Crippen LogP contribution is -2.61. The highest BCUT2D eigenvalue weighted by atomic mass is 16.3. The van der Waals surface area contributed by atoms with Crippen molar-refractivity contribution in [1.29, 1.82) is 0 Å². The Morgan fingerprint density at radius 3 is 2.57 bits per heavy atom. The highest BCUT2D eigenvalue weighted by Gasteiger charge is 2.52. The molecule has 2 aliphatic carbocycles. The van der Waals surface area contributed by atoms with Crippen LogP contribution in [0.3, 0.4) is 0 Å². The predicted molar refractivity (Wildman–Crippen MR) is 89.8 cm³/mol. The van der Waals surface area contributed by atoms with Crippen LogP contribution in [0.2, 0.25) is 0 Å². The van der Waals surface area contributed by atoms with Gasteiger partial charge in [0.1, 0.15) is 0 Å². The summed E-state index contributed by atoms with van der Waals surface area (Å²) in [6.45, 7) is 3.74. The van der Waals surface area contributed by atoms with Crippen LogP contribution in [-0.2, 0) is 11.2 Å². The van der Waals surface area contributed by atoms with Crippen molar-refractivity contribution in [2.75, 3.05) is 13.1 Å². The van der Waals surface area contributed by atoms with Crippen LogP contribution in [0.5, 0.6) is 0 Å². The summed E-state index contributed by atoms with van der Waals surface area (Å²) in [5.74, 6) is 1.14. The second kappa shape index (κ2) is 5.34. The van der Waals surface area contributed by atoms with E-state index in [2.05, 4.69) is 30.3 Å². The van der Waals surface area contributed by atoms with E-state index < -0.39 is 5.60 Å². The van der Waals surface area contributed by atoms with Crippen molar-refractivity contribution in [3.8, 4) is 0 Å². The maximum absolute atomic E-state index is 12.4. The number of hydrogen-bond acceptors (Lipinski definition) is 2. The monoisotopic (exact) mass is 313 g/mol. The fraction of sp³-hybridized carbons (Fsp3) is 0.650. The van der Waals surface area contributed by atoms with Crippen LogP contribution in [-0.4, -0.2) is 34.6 Å². The molecule has 3 aliphatic rings. The molecule has 2 saturated carbocycles. The summed E-state index contributed by atoms with van der Waals surface area (Å²) < 4.78 is 0. The van der Waals surface area contributed by atoms with Crippen LogP contribution in [0.1, 0.15) is 44.6 Å². The Morgan fingerprint density at radius 2 is 1.91 bits per heavy atom. The Hall–Kier alpha value is -1.35. The Labute approximate surface area is 138 Å². The van der Waals surface area contributed by atoms with Crippen LogP contribution in [0.4, 0.5) is 0 Å². The third-order valence-electron chi connectivity index (χ3n) is 6.26. The number of nitrogens with zero attached hydrogens (tertiary/aromatic N) is 1. The zero-order valence-corrected chi connectivity index (χ0v) is 14.0. The highest BCUT2D eigenvalue weighted by molar-refractivity contribution is 5.81. The van der Waals surface area contributed by atoms with Gasteiger partial charge in [0.2, 0.25) is 5.91 Å². The zero-order chi connectivity index (χ0) is 16.1. The normalized spacial score (nSPS) is 35.0. The van der Waals surface area contributed by atoms with E-state index in [1.54, 1.807) is 0 Å². The standard InChI is InChI=1S/C20H27NO2/c1-19(23)11-17(12-19)18(22)21-13-20(14-21)8-7-16(10-20)9-15-5-3-2-4-6-15/h2-6,16-17,23H,7-14H2,1H3/t16?,17-,19+. The van der Waals surface area contributed by atoms with Crippen molar-refractivity contribution in [3.63, 3.8) is 0 Å². The largest absolute Gasteiger partial charge is 0.390 e. The summed E-state index contributed by atoms with van der Waals surface area (Å²) in [5.41, 5.74) is 1.25. The molecule has 1 N–H and O–H groups in total. The molecule has 124 valence electrons. The first kappa shape index (κ1) is 15.2. The molecule has 1 aromatic carbocycles. The van der Waals surface area contributed by atoms with Crippen molar-refractivity contribution in [3.05, 3.63) is 35.9 Å². The lowest BCUT2D eigenvalue weighted by Gasteiger charge is -2.52. The Balaban J connectivity index is 1.27. The van der Waals surface area contributed by atoms with Gasteiger partial charge in [-0.15, -0.1) is 0 Å². The van der Waals surface area contributed by atoms with Crippen molar-refractivity contribution in [2.24, 2.45) is 17.3 Å².